The molecule has 1 aromatic heterocycles. The Balaban J connectivity index is 1.77. The van der Waals surface area contributed by atoms with E-state index in [1.807, 2.05) is 48.9 Å². The van der Waals surface area contributed by atoms with E-state index in [1.165, 1.54) is 6.08 Å². The molecule has 7 heteroatoms. The van der Waals surface area contributed by atoms with E-state index in [2.05, 4.69) is 10.4 Å². The lowest BCUT2D eigenvalue weighted by molar-refractivity contribution is -0.117. The van der Waals surface area contributed by atoms with Crippen LogP contribution in [0.3, 0.4) is 0 Å². The lowest BCUT2D eigenvalue weighted by Gasteiger charge is -2.22. The average Bonchev–Trinajstić information content (AvgIpc) is 3.01. The number of carbonyl (C=O) groups excluding carboxylic acids is 1. The zero-order chi connectivity index (χ0) is 18.9. The zero-order valence-electron chi connectivity index (χ0n) is 15.2. The summed E-state index contributed by atoms with van der Waals surface area (Å²) in [5.41, 5.74) is 2.91. The highest BCUT2D eigenvalue weighted by molar-refractivity contribution is 7.91. The summed E-state index contributed by atoms with van der Waals surface area (Å²) in [4.78, 5) is 12.3. The van der Waals surface area contributed by atoms with Gasteiger partial charge >= 0.3 is 0 Å². The topological polar surface area (TPSA) is 81.1 Å². The maximum atomic E-state index is 12.3. The number of aryl methyl sites for hydroxylation is 1. The summed E-state index contributed by atoms with van der Waals surface area (Å²) < 4.78 is 25.2. The van der Waals surface area contributed by atoms with Crippen molar-refractivity contribution in [3.63, 3.8) is 0 Å². The normalized spacial score (nSPS) is 22.0. The minimum atomic E-state index is -3.06. The number of nitrogens with zero attached hydrogens (tertiary/aromatic N) is 2. The first-order chi connectivity index (χ1) is 12.2. The van der Waals surface area contributed by atoms with Crippen LogP contribution in [0.15, 0.2) is 36.4 Å². The van der Waals surface area contributed by atoms with Gasteiger partial charge in [0.15, 0.2) is 9.84 Å². The van der Waals surface area contributed by atoms with Gasteiger partial charge in [0.25, 0.3) is 0 Å². The number of rotatable bonds is 4. The van der Waals surface area contributed by atoms with Gasteiger partial charge in [-0.15, -0.1) is 0 Å². The average molecular weight is 373 g/mol. The second-order valence-electron chi connectivity index (χ2n) is 7.06. The van der Waals surface area contributed by atoms with E-state index in [1.54, 1.807) is 13.0 Å². The maximum Gasteiger partial charge on any atom is 0.244 e. The Morgan fingerprint density at radius 3 is 2.58 bits per heavy atom. The van der Waals surface area contributed by atoms with Crippen molar-refractivity contribution >= 4 is 21.8 Å². The maximum absolute atomic E-state index is 12.3. The molecule has 2 heterocycles. The van der Waals surface area contributed by atoms with Crippen molar-refractivity contribution in [1.29, 1.82) is 0 Å². The first-order valence-corrected chi connectivity index (χ1v) is 10.3. The van der Waals surface area contributed by atoms with Crippen LogP contribution in [0.2, 0.25) is 0 Å². The number of amides is 1. The number of carbonyl (C=O) groups is 1. The Hall–Kier alpha value is -2.41. The third-order valence-electron chi connectivity index (χ3n) is 4.68. The molecule has 6 nitrogen and oxygen atoms in total. The van der Waals surface area contributed by atoms with E-state index >= 15 is 0 Å². The van der Waals surface area contributed by atoms with Crippen molar-refractivity contribution in [2.45, 2.75) is 32.7 Å². The van der Waals surface area contributed by atoms with Gasteiger partial charge in [-0.1, -0.05) is 18.2 Å². The minimum absolute atomic E-state index is 0.0103. The third kappa shape index (κ3) is 3.88. The molecular formula is C19H23N3O3S. The summed E-state index contributed by atoms with van der Waals surface area (Å²) in [6.45, 7) is 5.62. The monoisotopic (exact) mass is 373 g/mol. The van der Waals surface area contributed by atoms with Crippen LogP contribution >= 0.6 is 0 Å². The zero-order valence-corrected chi connectivity index (χ0v) is 16.0. The summed E-state index contributed by atoms with van der Waals surface area (Å²) >= 11 is 0. The van der Waals surface area contributed by atoms with Crippen LogP contribution in [0.25, 0.3) is 11.8 Å². The highest BCUT2D eigenvalue weighted by Crippen LogP contribution is 2.23. The number of para-hydroxylation sites is 1. The molecule has 0 bridgehead atoms. The molecule has 1 aliphatic heterocycles. The second-order valence-corrected chi connectivity index (χ2v) is 9.24. The summed E-state index contributed by atoms with van der Waals surface area (Å²) in [6.07, 6.45) is 3.63. The summed E-state index contributed by atoms with van der Waals surface area (Å²) in [5, 5.41) is 7.38. The van der Waals surface area contributed by atoms with Crippen molar-refractivity contribution in [2.24, 2.45) is 0 Å². The van der Waals surface area contributed by atoms with Crippen LogP contribution in [0.5, 0.6) is 0 Å². The van der Waals surface area contributed by atoms with Crippen LogP contribution in [0, 0.1) is 13.8 Å². The Kier molecular flexibility index (Phi) is 4.75. The van der Waals surface area contributed by atoms with Gasteiger partial charge in [0, 0.05) is 17.3 Å². The molecule has 1 saturated heterocycles. The van der Waals surface area contributed by atoms with E-state index in [0.717, 1.165) is 22.6 Å². The molecule has 1 N–H and O–H groups in total. The number of benzene rings is 1. The molecule has 1 aliphatic rings. The van der Waals surface area contributed by atoms with Crippen LogP contribution in [-0.4, -0.2) is 41.2 Å². The standard InChI is InChI=1S/C19H23N3O3S/c1-14-17(15(2)22(21-14)16-7-5-4-6-8-16)9-10-18(23)20-19(3)11-12-26(24,25)13-19/h4-10H,11-13H2,1-3H3,(H,20,23)/b10-9+. The summed E-state index contributed by atoms with van der Waals surface area (Å²) in [5.74, 6) is -0.185. The molecule has 0 aliphatic carbocycles. The van der Waals surface area contributed by atoms with E-state index in [9.17, 15) is 13.2 Å². The minimum Gasteiger partial charge on any atom is -0.346 e. The third-order valence-corrected chi connectivity index (χ3v) is 6.58. The predicted molar refractivity (Wildman–Crippen MR) is 102 cm³/mol. The molecule has 26 heavy (non-hydrogen) atoms. The van der Waals surface area contributed by atoms with Crippen LogP contribution in [-0.2, 0) is 14.6 Å². The largest absolute Gasteiger partial charge is 0.346 e. The summed E-state index contributed by atoms with van der Waals surface area (Å²) in [7, 11) is -3.06. The Labute approximate surface area is 153 Å². The molecule has 1 amide bonds. The van der Waals surface area contributed by atoms with Crippen molar-refractivity contribution in [1.82, 2.24) is 15.1 Å². The highest BCUT2D eigenvalue weighted by Gasteiger charge is 2.39. The molecule has 0 radical (unpaired) electrons. The fourth-order valence-electron chi connectivity index (χ4n) is 3.32. The SMILES string of the molecule is Cc1nn(-c2ccccc2)c(C)c1/C=C/C(=O)NC1(C)CCS(=O)(=O)C1. The quantitative estimate of drug-likeness (QED) is 0.833. The number of sulfone groups is 1. The molecule has 1 fully saturated rings. The molecule has 1 aromatic carbocycles. The fourth-order valence-corrected chi connectivity index (χ4v) is 5.42. The van der Waals surface area contributed by atoms with E-state index < -0.39 is 15.4 Å². The van der Waals surface area contributed by atoms with Gasteiger partial charge in [0.05, 0.1) is 28.4 Å². The molecule has 0 saturated carbocycles. The van der Waals surface area contributed by atoms with Crippen LogP contribution in [0.4, 0.5) is 0 Å². The number of aromatic nitrogens is 2. The van der Waals surface area contributed by atoms with Gasteiger partial charge in [-0.25, -0.2) is 13.1 Å². The number of nitrogens with one attached hydrogen (secondary N) is 1. The lowest BCUT2D eigenvalue weighted by atomic mass is 10.0. The first kappa shape index (κ1) is 18.4. The first-order valence-electron chi connectivity index (χ1n) is 8.51. The van der Waals surface area contributed by atoms with Crippen LogP contribution < -0.4 is 5.32 Å². The lowest BCUT2D eigenvalue weighted by Crippen LogP contribution is -2.46. The van der Waals surface area contributed by atoms with Crippen molar-refractivity contribution < 1.29 is 13.2 Å². The molecular weight excluding hydrogens is 350 g/mol. The Bertz CT molecular complexity index is 961. The molecule has 1 atom stereocenters. The van der Waals surface area contributed by atoms with Gasteiger partial charge in [-0.2, -0.15) is 5.10 Å². The molecule has 0 spiro atoms. The number of hydrogen-bond donors (Lipinski definition) is 1. The summed E-state index contributed by atoms with van der Waals surface area (Å²) in [6, 6.07) is 9.79. The molecule has 3 rings (SSSR count). The number of hydrogen-bond acceptors (Lipinski definition) is 4. The predicted octanol–water partition coefficient (Wildman–Crippen LogP) is 2.20. The molecule has 138 valence electrons. The molecule has 1 unspecified atom stereocenters. The van der Waals surface area contributed by atoms with Gasteiger partial charge in [-0.3, -0.25) is 4.79 Å². The smallest absolute Gasteiger partial charge is 0.244 e. The molecule has 2 aromatic rings. The fraction of sp³-hybridized carbons (Fsp3) is 0.368. The second kappa shape index (κ2) is 6.72. The Morgan fingerprint density at radius 2 is 1.96 bits per heavy atom. The van der Waals surface area contributed by atoms with Crippen molar-refractivity contribution in [3.8, 4) is 5.69 Å². The van der Waals surface area contributed by atoms with Gasteiger partial charge in [-0.05, 0) is 45.4 Å². The van der Waals surface area contributed by atoms with E-state index in [0.29, 0.717) is 6.42 Å². The van der Waals surface area contributed by atoms with Gasteiger partial charge in [0.2, 0.25) is 5.91 Å². The highest BCUT2D eigenvalue weighted by atomic mass is 32.2. The van der Waals surface area contributed by atoms with Crippen molar-refractivity contribution in [3.05, 3.63) is 53.4 Å². The van der Waals surface area contributed by atoms with Gasteiger partial charge < -0.3 is 5.32 Å². The van der Waals surface area contributed by atoms with E-state index in [4.69, 9.17) is 0 Å². The van der Waals surface area contributed by atoms with E-state index in [-0.39, 0.29) is 17.4 Å². The van der Waals surface area contributed by atoms with Gasteiger partial charge in [0.1, 0.15) is 0 Å². The van der Waals surface area contributed by atoms with Crippen molar-refractivity contribution in [2.75, 3.05) is 11.5 Å². The Morgan fingerprint density at radius 1 is 1.27 bits per heavy atom. The van der Waals surface area contributed by atoms with Crippen LogP contribution in [0.1, 0.15) is 30.3 Å².